The van der Waals surface area contributed by atoms with Gasteiger partial charge in [0.15, 0.2) is 0 Å². The zero-order valence-corrected chi connectivity index (χ0v) is 12.6. The number of nitro benzene ring substituents is 1. The molecule has 0 amide bonds. The first-order chi connectivity index (χ1) is 9.78. The van der Waals surface area contributed by atoms with Crippen LogP contribution in [0.4, 0.5) is 17.1 Å². The molecule has 21 heavy (non-hydrogen) atoms. The summed E-state index contributed by atoms with van der Waals surface area (Å²) in [5.74, 6) is 0. The van der Waals surface area contributed by atoms with E-state index in [0.29, 0.717) is 31.9 Å². The number of ether oxygens (including phenoxy) is 1. The van der Waals surface area contributed by atoms with E-state index in [-0.39, 0.29) is 11.4 Å². The predicted octanol–water partition coefficient (Wildman–Crippen LogP) is 1.11. The van der Waals surface area contributed by atoms with Gasteiger partial charge in [-0.05, 0) is 19.1 Å². The summed E-state index contributed by atoms with van der Waals surface area (Å²) in [5.41, 5.74) is 0.920. The minimum atomic E-state index is -3.60. The molecule has 2 rings (SSSR count). The van der Waals surface area contributed by atoms with E-state index in [1.807, 2.05) is 4.90 Å². The number of rotatable bonds is 4. The highest BCUT2D eigenvalue weighted by atomic mass is 32.2. The van der Waals surface area contributed by atoms with Crippen LogP contribution in [0.2, 0.25) is 0 Å². The topological polar surface area (TPSA) is 102 Å². The van der Waals surface area contributed by atoms with Gasteiger partial charge in [0.2, 0.25) is 10.0 Å². The number of nitro groups is 1. The van der Waals surface area contributed by atoms with Crippen molar-refractivity contribution in [2.45, 2.75) is 6.92 Å². The van der Waals surface area contributed by atoms with Gasteiger partial charge in [-0.25, -0.2) is 8.42 Å². The molecule has 0 radical (unpaired) electrons. The van der Waals surface area contributed by atoms with Gasteiger partial charge >= 0.3 is 0 Å². The Morgan fingerprint density at radius 2 is 1.95 bits per heavy atom. The third-order valence-corrected chi connectivity index (χ3v) is 3.73. The molecule has 0 aromatic heterocycles. The lowest BCUT2D eigenvalue weighted by Crippen LogP contribution is -2.36. The Morgan fingerprint density at radius 1 is 1.33 bits per heavy atom. The summed E-state index contributed by atoms with van der Waals surface area (Å²) in [6.07, 6.45) is 0.966. The highest BCUT2D eigenvalue weighted by Crippen LogP contribution is 2.34. The van der Waals surface area contributed by atoms with Gasteiger partial charge in [-0.15, -0.1) is 0 Å². The number of anilines is 2. The Labute approximate surface area is 122 Å². The molecule has 1 fully saturated rings. The van der Waals surface area contributed by atoms with Crippen LogP contribution >= 0.6 is 0 Å². The van der Waals surface area contributed by atoms with Gasteiger partial charge in [-0.3, -0.25) is 14.8 Å². The third kappa shape index (κ3) is 3.82. The first kappa shape index (κ1) is 15.5. The van der Waals surface area contributed by atoms with E-state index in [0.717, 1.165) is 11.9 Å². The summed E-state index contributed by atoms with van der Waals surface area (Å²) in [7, 11) is -3.60. The largest absolute Gasteiger partial charge is 0.378 e. The number of sulfonamides is 1. The van der Waals surface area contributed by atoms with Crippen LogP contribution in [0.15, 0.2) is 12.1 Å². The van der Waals surface area contributed by atoms with E-state index < -0.39 is 14.9 Å². The fourth-order valence-electron chi connectivity index (χ4n) is 2.28. The van der Waals surface area contributed by atoms with Crippen molar-refractivity contribution in [1.29, 1.82) is 0 Å². The number of nitrogens with zero attached hydrogens (tertiary/aromatic N) is 2. The zero-order chi connectivity index (χ0) is 15.6. The average Bonchev–Trinajstić information content (AvgIpc) is 2.36. The van der Waals surface area contributed by atoms with E-state index in [4.69, 9.17) is 4.74 Å². The smallest absolute Gasteiger partial charge is 0.296 e. The van der Waals surface area contributed by atoms with Crippen molar-refractivity contribution in [3.63, 3.8) is 0 Å². The summed E-state index contributed by atoms with van der Waals surface area (Å²) < 4.78 is 30.3. The van der Waals surface area contributed by atoms with Crippen molar-refractivity contribution in [2.75, 3.05) is 42.2 Å². The van der Waals surface area contributed by atoms with Crippen molar-refractivity contribution in [1.82, 2.24) is 0 Å². The van der Waals surface area contributed by atoms with Crippen LogP contribution in [0.3, 0.4) is 0 Å². The minimum absolute atomic E-state index is 0.0102. The average molecular weight is 315 g/mol. The number of hydrogen-bond donors (Lipinski definition) is 1. The molecule has 1 aromatic rings. The van der Waals surface area contributed by atoms with Gasteiger partial charge in [0.1, 0.15) is 5.69 Å². The fraction of sp³-hybridized carbons (Fsp3) is 0.500. The molecule has 1 N–H and O–H groups in total. The van der Waals surface area contributed by atoms with Crippen molar-refractivity contribution >= 4 is 27.1 Å². The Kier molecular flexibility index (Phi) is 4.33. The van der Waals surface area contributed by atoms with Gasteiger partial charge in [0.05, 0.1) is 24.4 Å². The molecular weight excluding hydrogens is 298 g/mol. The summed E-state index contributed by atoms with van der Waals surface area (Å²) >= 11 is 0. The van der Waals surface area contributed by atoms with Crippen LogP contribution in [0.5, 0.6) is 0 Å². The minimum Gasteiger partial charge on any atom is -0.378 e. The third-order valence-electron chi connectivity index (χ3n) is 3.14. The summed E-state index contributed by atoms with van der Waals surface area (Å²) in [4.78, 5) is 12.6. The van der Waals surface area contributed by atoms with Crippen LogP contribution < -0.4 is 9.62 Å². The van der Waals surface area contributed by atoms with Crippen molar-refractivity contribution in [3.05, 3.63) is 27.8 Å². The summed E-state index contributed by atoms with van der Waals surface area (Å²) in [6, 6.07) is 3.19. The molecule has 8 nitrogen and oxygen atoms in total. The first-order valence-corrected chi connectivity index (χ1v) is 8.26. The summed E-state index contributed by atoms with van der Waals surface area (Å²) in [5, 5.41) is 11.2. The second-order valence-electron chi connectivity index (χ2n) is 4.89. The molecule has 116 valence electrons. The maximum Gasteiger partial charge on any atom is 0.296 e. The second-order valence-corrected chi connectivity index (χ2v) is 6.64. The summed E-state index contributed by atoms with van der Waals surface area (Å²) in [6.45, 7) is 4.07. The molecule has 1 heterocycles. The lowest BCUT2D eigenvalue weighted by molar-refractivity contribution is -0.384. The van der Waals surface area contributed by atoms with Crippen LogP contribution in [-0.2, 0) is 14.8 Å². The van der Waals surface area contributed by atoms with Gasteiger partial charge in [0.25, 0.3) is 5.69 Å². The predicted molar refractivity (Wildman–Crippen MR) is 79.3 cm³/mol. The highest BCUT2D eigenvalue weighted by molar-refractivity contribution is 7.92. The molecule has 0 saturated carbocycles. The van der Waals surface area contributed by atoms with Gasteiger partial charge < -0.3 is 9.64 Å². The molecule has 0 bridgehead atoms. The molecule has 1 saturated heterocycles. The first-order valence-electron chi connectivity index (χ1n) is 6.37. The quantitative estimate of drug-likeness (QED) is 0.659. The molecule has 0 atom stereocenters. The molecule has 1 aliphatic heterocycles. The van der Waals surface area contributed by atoms with Crippen LogP contribution in [0.1, 0.15) is 5.56 Å². The van der Waals surface area contributed by atoms with Crippen molar-refractivity contribution in [3.8, 4) is 0 Å². The SMILES string of the molecule is Cc1cc(N2CCOCC2)cc(NS(C)(=O)=O)c1[N+](=O)[O-]. The Bertz CT molecular complexity index is 653. The Morgan fingerprint density at radius 3 is 2.48 bits per heavy atom. The maximum absolute atomic E-state index is 11.4. The van der Waals surface area contributed by atoms with E-state index in [1.54, 1.807) is 13.0 Å². The number of aryl methyl sites for hydroxylation is 1. The number of hydrogen-bond acceptors (Lipinski definition) is 6. The van der Waals surface area contributed by atoms with Crippen LogP contribution in [-0.4, -0.2) is 45.9 Å². The van der Waals surface area contributed by atoms with Gasteiger partial charge in [-0.1, -0.05) is 0 Å². The lowest BCUT2D eigenvalue weighted by atomic mass is 10.1. The number of morpholine rings is 1. The molecular formula is C12H17N3O5S. The van der Waals surface area contributed by atoms with Gasteiger partial charge in [-0.2, -0.15) is 0 Å². The molecule has 1 aromatic carbocycles. The van der Waals surface area contributed by atoms with E-state index in [2.05, 4.69) is 4.72 Å². The standard InChI is InChI=1S/C12H17N3O5S/c1-9-7-10(14-3-5-20-6-4-14)8-11(12(9)15(16)17)13-21(2,18)19/h7-8,13H,3-6H2,1-2H3. The molecule has 9 heteroatoms. The Hall–Kier alpha value is -1.87. The molecule has 1 aliphatic rings. The second kappa shape index (κ2) is 5.86. The fourth-order valence-corrected chi connectivity index (χ4v) is 2.84. The monoisotopic (exact) mass is 315 g/mol. The van der Waals surface area contributed by atoms with Gasteiger partial charge in [0, 0.05) is 24.3 Å². The molecule has 0 aliphatic carbocycles. The highest BCUT2D eigenvalue weighted by Gasteiger charge is 2.23. The zero-order valence-electron chi connectivity index (χ0n) is 11.8. The van der Waals surface area contributed by atoms with Crippen LogP contribution in [0, 0.1) is 17.0 Å². The van der Waals surface area contributed by atoms with E-state index >= 15 is 0 Å². The van der Waals surface area contributed by atoms with Crippen molar-refractivity contribution < 1.29 is 18.1 Å². The van der Waals surface area contributed by atoms with E-state index in [9.17, 15) is 18.5 Å². The van der Waals surface area contributed by atoms with Crippen molar-refractivity contribution in [2.24, 2.45) is 0 Å². The maximum atomic E-state index is 11.4. The number of benzene rings is 1. The molecule has 0 unspecified atom stereocenters. The molecule has 0 spiro atoms. The Balaban J connectivity index is 2.47. The lowest BCUT2D eigenvalue weighted by Gasteiger charge is -2.29. The number of nitrogens with one attached hydrogen (secondary N) is 1. The van der Waals surface area contributed by atoms with E-state index in [1.165, 1.54) is 6.07 Å². The normalized spacial score (nSPS) is 15.8. The van der Waals surface area contributed by atoms with Crippen LogP contribution in [0.25, 0.3) is 0 Å².